The number of fused-ring (bicyclic) bond motifs is 2. The average Bonchev–Trinajstić information content (AvgIpc) is 3.38. The van der Waals surface area contributed by atoms with Gasteiger partial charge in [0.25, 0.3) is 5.91 Å². The van der Waals surface area contributed by atoms with Gasteiger partial charge in [-0.15, -0.1) is 0 Å². The predicted octanol–water partition coefficient (Wildman–Crippen LogP) is 1.95. The van der Waals surface area contributed by atoms with Crippen LogP contribution in [0, 0.1) is 11.8 Å². The van der Waals surface area contributed by atoms with Crippen molar-refractivity contribution in [2.45, 2.75) is 13.5 Å². The van der Waals surface area contributed by atoms with Gasteiger partial charge in [0.1, 0.15) is 0 Å². The normalized spacial score (nSPS) is 21.5. The van der Waals surface area contributed by atoms with Crippen LogP contribution < -0.4 is 10.5 Å². The lowest BCUT2D eigenvalue weighted by atomic mass is 10.0. The number of hydrogen-bond donors (Lipinski definition) is 1. The SMILES string of the molecule is CCn1c(N2CC3CN(C(=O)c4ccc(=O)[nH]c4)CC3C2)nc2ccccc21. The lowest BCUT2D eigenvalue weighted by molar-refractivity contribution is 0.0782. The molecule has 3 aromatic rings. The van der Waals surface area contributed by atoms with Gasteiger partial charge >= 0.3 is 0 Å². The maximum absolute atomic E-state index is 12.7. The Morgan fingerprint density at radius 3 is 2.54 bits per heavy atom. The van der Waals surface area contributed by atoms with Crippen LogP contribution >= 0.6 is 0 Å². The van der Waals surface area contributed by atoms with Gasteiger partial charge in [0, 0.05) is 56.8 Å². The topological polar surface area (TPSA) is 74.2 Å². The van der Waals surface area contributed by atoms with Crippen LogP contribution in [0.25, 0.3) is 11.0 Å². The molecule has 28 heavy (non-hydrogen) atoms. The molecule has 2 aromatic heterocycles. The molecule has 0 aliphatic carbocycles. The van der Waals surface area contributed by atoms with Crippen molar-refractivity contribution in [3.05, 3.63) is 58.5 Å². The Morgan fingerprint density at radius 1 is 1.11 bits per heavy atom. The van der Waals surface area contributed by atoms with Crippen molar-refractivity contribution in [3.63, 3.8) is 0 Å². The number of benzene rings is 1. The number of imidazole rings is 1. The summed E-state index contributed by atoms with van der Waals surface area (Å²) in [4.78, 5) is 35.7. The highest BCUT2D eigenvalue weighted by atomic mass is 16.2. The third-order valence-electron chi connectivity index (χ3n) is 6.04. The fourth-order valence-corrected chi connectivity index (χ4v) is 4.66. The maximum Gasteiger partial charge on any atom is 0.255 e. The first-order valence-corrected chi connectivity index (χ1v) is 9.82. The molecule has 2 unspecified atom stereocenters. The molecule has 0 saturated carbocycles. The van der Waals surface area contributed by atoms with E-state index in [-0.39, 0.29) is 11.5 Å². The third kappa shape index (κ3) is 2.69. The number of para-hydroxylation sites is 2. The highest BCUT2D eigenvalue weighted by Gasteiger charge is 2.42. The van der Waals surface area contributed by atoms with Crippen molar-refractivity contribution < 1.29 is 4.79 Å². The summed E-state index contributed by atoms with van der Waals surface area (Å²) in [5, 5.41) is 0. The molecule has 2 aliphatic rings. The van der Waals surface area contributed by atoms with Gasteiger partial charge < -0.3 is 19.4 Å². The van der Waals surface area contributed by atoms with Crippen molar-refractivity contribution in [1.29, 1.82) is 0 Å². The third-order valence-corrected chi connectivity index (χ3v) is 6.04. The molecule has 1 aromatic carbocycles. The predicted molar refractivity (Wildman–Crippen MR) is 108 cm³/mol. The number of carbonyl (C=O) groups excluding carboxylic acids is 1. The average molecular weight is 377 g/mol. The minimum absolute atomic E-state index is 0.00185. The first-order valence-electron chi connectivity index (χ1n) is 9.82. The molecule has 0 spiro atoms. The first-order chi connectivity index (χ1) is 13.6. The summed E-state index contributed by atoms with van der Waals surface area (Å²) in [5.41, 5.74) is 2.56. The molecular formula is C21H23N5O2. The highest BCUT2D eigenvalue weighted by Crippen LogP contribution is 2.35. The second-order valence-electron chi connectivity index (χ2n) is 7.72. The minimum Gasteiger partial charge on any atom is -0.342 e. The zero-order chi connectivity index (χ0) is 19.3. The number of rotatable bonds is 3. The molecule has 1 amide bonds. The van der Waals surface area contributed by atoms with Gasteiger partial charge in [0.15, 0.2) is 0 Å². The van der Waals surface area contributed by atoms with Crippen molar-refractivity contribution in [1.82, 2.24) is 19.4 Å². The van der Waals surface area contributed by atoms with Crippen LogP contribution in [0.4, 0.5) is 5.95 Å². The quantitative estimate of drug-likeness (QED) is 0.757. The summed E-state index contributed by atoms with van der Waals surface area (Å²) in [6.45, 7) is 6.39. The summed E-state index contributed by atoms with van der Waals surface area (Å²) in [6, 6.07) is 11.3. The number of carbonyl (C=O) groups is 1. The van der Waals surface area contributed by atoms with Crippen LogP contribution in [0.1, 0.15) is 17.3 Å². The van der Waals surface area contributed by atoms with Crippen LogP contribution in [0.2, 0.25) is 0 Å². The molecule has 7 nitrogen and oxygen atoms in total. The van der Waals surface area contributed by atoms with Crippen LogP contribution in [-0.4, -0.2) is 51.5 Å². The monoisotopic (exact) mass is 377 g/mol. The lowest BCUT2D eigenvalue weighted by Crippen LogP contribution is -2.34. The Bertz CT molecular complexity index is 1070. The fraction of sp³-hybridized carbons (Fsp3) is 0.381. The Morgan fingerprint density at radius 2 is 1.86 bits per heavy atom. The molecule has 5 rings (SSSR count). The van der Waals surface area contributed by atoms with Gasteiger partial charge in [0.2, 0.25) is 11.5 Å². The summed E-state index contributed by atoms with van der Waals surface area (Å²) < 4.78 is 2.28. The zero-order valence-electron chi connectivity index (χ0n) is 15.8. The molecule has 2 saturated heterocycles. The van der Waals surface area contributed by atoms with Gasteiger partial charge in [-0.05, 0) is 25.1 Å². The number of H-pyrrole nitrogens is 1. The molecule has 2 atom stereocenters. The second kappa shape index (κ2) is 6.51. The Hall–Kier alpha value is -3.09. The maximum atomic E-state index is 12.7. The number of nitrogens with zero attached hydrogens (tertiary/aromatic N) is 4. The summed E-state index contributed by atoms with van der Waals surface area (Å²) >= 11 is 0. The van der Waals surface area contributed by atoms with E-state index in [4.69, 9.17) is 4.98 Å². The minimum atomic E-state index is -0.190. The van der Waals surface area contributed by atoms with E-state index in [0.29, 0.717) is 17.4 Å². The Labute approximate surface area is 162 Å². The van der Waals surface area contributed by atoms with E-state index >= 15 is 0 Å². The fourth-order valence-electron chi connectivity index (χ4n) is 4.66. The van der Waals surface area contributed by atoms with Crippen LogP contribution in [-0.2, 0) is 6.54 Å². The summed E-state index contributed by atoms with van der Waals surface area (Å²) in [5.74, 6) is 1.95. The van der Waals surface area contributed by atoms with Crippen LogP contribution in [0.3, 0.4) is 0 Å². The van der Waals surface area contributed by atoms with Gasteiger partial charge in [-0.1, -0.05) is 12.1 Å². The molecule has 7 heteroatoms. The first kappa shape index (κ1) is 17.0. The van der Waals surface area contributed by atoms with E-state index in [1.807, 2.05) is 11.0 Å². The highest BCUT2D eigenvalue weighted by molar-refractivity contribution is 5.94. The number of nitrogens with one attached hydrogen (secondary N) is 1. The van der Waals surface area contributed by atoms with E-state index < -0.39 is 0 Å². The molecule has 1 N–H and O–H groups in total. The van der Waals surface area contributed by atoms with E-state index in [0.717, 1.165) is 44.2 Å². The molecule has 4 heterocycles. The molecule has 0 bridgehead atoms. The lowest BCUT2D eigenvalue weighted by Gasteiger charge is -2.23. The second-order valence-corrected chi connectivity index (χ2v) is 7.72. The molecule has 2 aliphatic heterocycles. The van der Waals surface area contributed by atoms with E-state index in [1.165, 1.54) is 17.8 Å². The van der Waals surface area contributed by atoms with Crippen molar-refractivity contribution >= 4 is 22.9 Å². The van der Waals surface area contributed by atoms with E-state index in [9.17, 15) is 9.59 Å². The van der Waals surface area contributed by atoms with Crippen molar-refractivity contribution in [2.24, 2.45) is 11.8 Å². The number of anilines is 1. The molecular weight excluding hydrogens is 354 g/mol. The number of likely N-dealkylation sites (tertiary alicyclic amines) is 1. The molecule has 2 fully saturated rings. The van der Waals surface area contributed by atoms with Crippen molar-refractivity contribution in [2.75, 3.05) is 31.1 Å². The standard InChI is InChI=1S/C21H23N5O2/c1-2-26-18-6-4-3-5-17(18)23-21(26)25-12-15-10-24(11-16(15)13-25)20(28)14-7-8-19(27)22-9-14/h3-9,15-16H,2,10-13H2,1H3,(H,22,27). The van der Waals surface area contributed by atoms with Gasteiger partial charge in [0.05, 0.1) is 16.6 Å². The number of pyridine rings is 1. The van der Waals surface area contributed by atoms with Crippen LogP contribution in [0.5, 0.6) is 0 Å². The van der Waals surface area contributed by atoms with Crippen molar-refractivity contribution in [3.8, 4) is 0 Å². The zero-order valence-corrected chi connectivity index (χ0v) is 15.8. The number of aryl methyl sites for hydroxylation is 1. The van der Waals surface area contributed by atoms with Gasteiger partial charge in [-0.3, -0.25) is 9.59 Å². The molecule has 0 radical (unpaired) electrons. The number of aromatic nitrogens is 3. The Kier molecular flexibility index (Phi) is 3.96. The van der Waals surface area contributed by atoms with Gasteiger partial charge in [-0.25, -0.2) is 4.98 Å². The number of hydrogen-bond acceptors (Lipinski definition) is 4. The summed E-state index contributed by atoms with van der Waals surface area (Å²) in [6.07, 6.45) is 1.51. The largest absolute Gasteiger partial charge is 0.342 e. The van der Waals surface area contributed by atoms with E-state index in [2.05, 4.69) is 39.6 Å². The smallest absolute Gasteiger partial charge is 0.255 e. The summed E-state index contributed by atoms with van der Waals surface area (Å²) in [7, 11) is 0. The van der Waals surface area contributed by atoms with Crippen LogP contribution in [0.15, 0.2) is 47.4 Å². The molecule has 144 valence electrons. The van der Waals surface area contributed by atoms with Gasteiger partial charge in [-0.2, -0.15) is 0 Å². The van der Waals surface area contributed by atoms with E-state index in [1.54, 1.807) is 6.07 Å². The Balaban J connectivity index is 1.33. The number of amides is 1. The number of aromatic amines is 1.